The topological polar surface area (TPSA) is 68.3 Å². The zero-order valence-corrected chi connectivity index (χ0v) is 12.5. The molecule has 1 amide bonds. The maximum absolute atomic E-state index is 12.5. The van der Waals surface area contributed by atoms with Crippen molar-refractivity contribution in [2.24, 2.45) is 0 Å². The van der Waals surface area contributed by atoms with Gasteiger partial charge in [-0.2, -0.15) is 0 Å². The minimum Gasteiger partial charge on any atom is -0.452 e. The number of hydrogen-bond donors (Lipinski definition) is 1. The fourth-order valence-electron chi connectivity index (χ4n) is 2.88. The molecule has 0 bridgehead atoms. The molecule has 0 spiro atoms. The Kier molecular flexibility index (Phi) is 4.04. The van der Waals surface area contributed by atoms with E-state index in [1.807, 2.05) is 24.3 Å². The summed E-state index contributed by atoms with van der Waals surface area (Å²) in [7, 11) is 1.51. The van der Waals surface area contributed by atoms with Gasteiger partial charge in [0.15, 0.2) is 6.61 Å². The second-order valence-corrected chi connectivity index (χ2v) is 5.39. The number of carbonyl (C=O) groups excluding carboxylic acids is 2. The largest absolute Gasteiger partial charge is 0.452 e. The normalized spacial score (nSPS) is 13.5. The molecule has 0 saturated carbocycles. The molecule has 1 heterocycles. The molecule has 1 aromatic carbocycles. The van der Waals surface area contributed by atoms with E-state index in [4.69, 9.17) is 4.74 Å². The van der Waals surface area contributed by atoms with Crippen LogP contribution in [0.3, 0.4) is 0 Å². The van der Waals surface area contributed by atoms with E-state index in [0.717, 1.165) is 47.8 Å². The lowest BCUT2D eigenvalue weighted by atomic mass is 9.90. The lowest BCUT2D eigenvalue weighted by molar-refractivity contribution is -0.123. The third kappa shape index (κ3) is 2.66. The summed E-state index contributed by atoms with van der Waals surface area (Å²) < 4.78 is 5.18. The Morgan fingerprint density at radius 1 is 1.23 bits per heavy atom. The fourth-order valence-corrected chi connectivity index (χ4v) is 2.88. The lowest BCUT2D eigenvalue weighted by Gasteiger charge is -2.19. The number of pyridine rings is 1. The molecule has 5 heteroatoms. The van der Waals surface area contributed by atoms with E-state index in [2.05, 4.69) is 10.3 Å². The van der Waals surface area contributed by atoms with Gasteiger partial charge < -0.3 is 10.1 Å². The molecule has 22 heavy (non-hydrogen) atoms. The molecule has 2 aromatic rings. The van der Waals surface area contributed by atoms with E-state index in [1.54, 1.807) is 0 Å². The van der Waals surface area contributed by atoms with Crippen LogP contribution < -0.4 is 5.32 Å². The Morgan fingerprint density at radius 3 is 2.82 bits per heavy atom. The number of rotatable bonds is 3. The van der Waals surface area contributed by atoms with E-state index in [9.17, 15) is 9.59 Å². The van der Waals surface area contributed by atoms with Crippen molar-refractivity contribution in [3.8, 4) is 0 Å². The summed E-state index contributed by atoms with van der Waals surface area (Å²) in [4.78, 5) is 28.5. The Balaban J connectivity index is 2.06. The number of amides is 1. The van der Waals surface area contributed by atoms with Crippen LogP contribution in [0.15, 0.2) is 24.3 Å². The molecule has 0 unspecified atom stereocenters. The lowest BCUT2D eigenvalue weighted by Crippen LogP contribution is -2.26. The highest BCUT2D eigenvalue weighted by Crippen LogP contribution is 2.29. The summed E-state index contributed by atoms with van der Waals surface area (Å²) in [6.07, 6.45) is 3.85. The van der Waals surface area contributed by atoms with Gasteiger partial charge in [0, 0.05) is 18.1 Å². The SMILES string of the molecule is CNC(=O)COC(=O)c1c2c(nc3ccccc13)CCCC2. The number of fused-ring (bicyclic) bond motifs is 2. The maximum Gasteiger partial charge on any atom is 0.339 e. The molecule has 1 aliphatic carbocycles. The number of aryl methyl sites for hydroxylation is 1. The summed E-state index contributed by atoms with van der Waals surface area (Å²) in [5, 5.41) is 3.24. The smallest absolute Gasteiger partial charge is 0.339 e. The predicted octanol–water partition coefficient (Wildman–Crippen LogP) is 2.02. The maximum atomic E-state index is 12.5. The number of nitrogens with zero attached hydrogens (tertiary/aromatic N) is 1. The Morgan fingerprint density at radius 2 is 2.00 bits per heavy atom. The van der Waals surface area contributed by atoms with Crippen molar-refractivity contribution in [3.63, 3.8) is 0 Å². The van der Waals surface area contributed by atoms with Crippen LogP contribution in [0.2, 0.25) is 0 Å². The van der Waals surface area contributed by atoms with Gasteiger partial charge >= 0.3 is 5.97 Å². The van der Waals surface area contributed by atoms with Crippen LogP contribution in [0.1, 0.15) is 34.5 Å². The standard InChI is InChI=1S/C17H18N2O3/c1-18-15(20)10-22-17(21)16-11-6-2-4-8-13(11)19-14-9-5-3-7-12(14)16/h2,4,6,8H,3,5,7,9-10H2,1H3,(H,18,20). The summed E-state index contributed by atoms with van der Waals surface area (Å²) in [6.45, 7) is -0.263. The van der Waals surface area contributed by atoms with Gasteiger partial charge in [-0.05, 0) is 37.3 Å². The van der Waals surface area contributed by atoms with Gasteiger partial charge in [0.25, 0.3) is 5.91 Å². The van der Waals surface area contributed by atoms with Gasteiger partial charge in [-0.1, -0.05) is 18.2 Å². The molecule has 1 aromatic heterocycles. The molecule has 0 aliphatic heterocycles. The first-order valence-corrected chi connectivity index (χ1v) is 7.49. The van der Waals surface area contributed by atoms with Crippen molar-refractivity contribution in [1.82, 2.24) is 10.3 Å². The highest BCUT2D eigenvalue weighted by atomic mass is 16.5. The second-order valence-electron chi connectivity index (χ2n) is 5.39. The van der Waals surface area contributed by atoms with Crippen LogP contribution in [-0.4, -0.2) is 30.5 Å². The first-order chi connectivity index (χ1) is 10.7. The van der Waals surface area contributed by atoms with Gasteiger partial charge in [0.2, 0.25) is 0 Å². The molecule has 1 aliphatic rings. The number of likely N-dealkylation sites (N-methyl/N-ethyl adjacent to an activating group) is 1. The van der Waals surface area contributed by atoms with Gasteiger partial charge in [0.05, 0.1) is 11.1 Å². The van der Waals surface area contributed by atoms with Gasteiger partial charge in [-0.3, -0.25) is 9.78 Å². The molecular formula is C17H18N2O3. The molecule has 0 fully saturated rings. The summed E-state index contributed by atoms with van der Waals surface area (Å²) in [6, 6.07) is 7.58. The molecule has 0 radical (unpaired) electrons. The molecule has 0 saturated heterocycles. The van der Waals surface area contributed by atoms with Crippen molar-refractivity contribution in [1.29, 1.82) is 0 Å². The van der Waals surface area contributed by atoms with Crippen LogP contribution in [0.4, 0.5) is 0 Å². The van der Waals surface area contributed by atoms with Crippen LogP contribution >= 0.6 is 0 Å². The zero-order valence-electron chi connectivity index (χ0n) is 12.5. The first-order valence-electron chi connectivity index (χ1n) is 7.49. The van der Waals surface area contributed by atoms with Crippen molar-refractivity contribution in [2.75, 3.05) is 13.7 Å². The molecule has 1 N–H and O–H groups in total. The van der Waals surface area contributed by atoms with Gasteiger partial charge in [0.1, 0.15) is 0 Å². The van der Waals surface area contributed by atoms with Crippen molar-refractivity contribution >= 4 is 22.8 Å². The number of hydrogen-bond acceptors (Lipinski definition) is 4. The number of aromatic nitrogens is 1. The third-order valence-electron chi connectivity index (χ3n) is 3.99. The minimum absolute atomic E-state index is 0.263. The fraction of sp³-hybridized carbons (Fsp3) is 0.353. The van der Waals surface area contributed by atoms with E-state index in [0.29, 0.717) is 5.56 Å². The van der Waals surface area contributed by atoms with E-state index < -0.39 is 5.97 Å². The quantitative estimate of drug-likeness (QED) is 0.880. The summed E-state index contributed by atoms with van der Waals surface area (Å²) in [5.41, 5.74) is 3.34. The molecule has 5 nitrogen and oxygen atoms in total. The average molecular weight is 298 g/mol. The number of esters is 1. The zero-order chi connectivity index (χ0) is 15.5. The van der Waals surface area contributed by atoms with Crippen LogP contribution in [-0.2, 0) is 22.4 Å². The average Bonchev–Trinajstić information content (AvgIpc) is 2.57. The Bertz CT molecular complexity index is 740. The van der Waals surface area contributed by atoms with Crippen LogP contribution in [0, 0.1) is 0 Å². The number of ether oxygens (including phenoxy) is 1. The van der Waals surface area contributed by atoms with Crippen LogP contribution in [0.5, 0.6) is 0 Å². The van der Waals surface area contributed by atoms with Crippen LogP contribution in [0.25, 0.3) is 10.9 Å². The van der Waals surface area contributed by atoms with E-state index in [-0.39, 0.29) is 12.5 Å². The summed E-state index contributed by atoms with van der Waals surface area (Å²) in [5.74, 6) is -0.763. The highest BCUT2D eigenvalue weighted by molar-refractivity contribution is 6.05. The van der Waals surface area contributed by atoms with Crippen molar-refractivity contribution in [3.05, 3.63) is 41.1 Å². The van der Waals surface area contributed by atoms with Gasteiger partial charge in [-0.15, -0.1) is 0 Å². The monoisotopic (exact) mass is 298 g/mol. The number of nitrogens with one attached hydrogen (secondary N) is 1. The molecule has 3 rings (SSSR count). The molecule has 0 atom stereocenters. The van der Waals surface area contributed by atoms with Crippen molar-refractivity contribution in [2.45, 2.75) is 25.7 Å². The van der Waals surface area contributed by atoms with Gasteiger partial charge in [-0.25, -0.2) is 4.79 Å². The third-order valence-corrected chi connectivity index (χ3v) is 3.99. The summed E-state index contributed by atoms with van der Waals surface area (Å²) >= 11 is 0. The molecule has 114 valence electrons. The van der Waals surface area contributed by atoms with Crippen molar-refractivity contribution < 1.29 is 14.3 Å². The predicted molar refractivity (Wildman–Crippen MR) is 82.7 cm³/mol. The number of benzene rings is 1. The number of carbonyl (C=O) groups is 2. The Hall–Kier alpha value is -2.43. The van der Waals surface area contributed by atoms with E-state index >= 15 is 0 Å². The minimum atomic E-state index is -0.444. The second kappa shape index (κ2) is 6.13. The Labute approximate surface area is 128 Å². The van der Waals surface area contributed by atoms with E-state index in [1.165, 1.54) is 7.05 Å². The number of para-hydroxylation sites is 1. The molecular weight excluding hydrogens is 280 g/mol. The first kappa shape index (κ1) is 14.5. The highest BCUT2D eigenvalue weighted by Gasteiger charge is 2.23.